The van der Waals surface area contributed by atoms with E-state index in [2.05, 4.69) is 11.3 Å². The summed E-state index contributed by atoms with van der Waals surface area (Å²) in [5.74, 6) is -4.42. The summed E-state index contributed by atoms with van der Waals surface area (Å²) in [5, 5.41) is 0. The second kappa shape index (κ2) is 9.20. The molecule has 4 unspecified atom stereocenters. The minimum absolute atomic E-state index is 0.0184. The number of ether oxygens (including phenoxy) is 1. The number of rotatable bonds is 5. The van der Waals surface area contributed by atoms with Crippen molar-refractivity contribution in [3.63, 3.8) is 0 Å². The van der Waals surface area contributed by atoms with Gasteiger partial charge in [0, 0.05) is 0 Å². The first kappa shape index (κ1) is 22.7. The van der Waals surface area contributed by atoms with Gasteiger partial charge in [-0.2, -0.15) is 8.78 Å². The van der Waals surface area contributed by atoms with Gasteiger partial charge in [0.1, 0.15) is 11.6 Å². The van der Waals surface area contributed by atoms with Gasteiger partial charge >= 0.3 is 6.61 Å². The van der Waals surface area contributed by atoms with Crippen molar-refractivity contribution in [3.05, 3.63) is 65.8 Å². The van der Waals surface area contributed by atoms with E-state index in [4.69, 9.17) is 0 Å². The summed E-state index contributed by atoms with van der Waals surface area (Å²) < 4.78 is 86.4. The number of benzene rings is 2. The van der Waals surface area contributed by atoms with Gasteiger partial charge in [0.05, 0.1) is 5.56 Å². The van der Waals surface area contributed by atoms with Crippen molar-refractivity contribution in [1.82, 2.24) is 0 Å². The number of halogens is 6. The zero-order chi connectivity index (χ0) is 23.0. The molecular formula is C25H24F6O. The Balaban J connectivity index is 1.58. The van der Waals surface area contributed by atoms with Gasteiger partial charge in [0.25, 0.3) is 0 Å². The molecule has 0 N–H and O–H groups in total. The van der Waals surface area contributed by atoms with Crippen LogP contribution in [0, 0.1) is 41.0 Å². The van der Waals surface area contributed by atoms with Gasteiger partial charge in [-0.3, -0.25) is 0 Å². The monoisotopic (exact) mass is 454 g/mol. The average Bonchev–Trinajstić information content (AvgIpc) is 2.75. The normalized spacial score (nSPS) is 25.5. The first-order valence-corrected chi connectivity index (χ1v) is 10.8. The van der Waals surface area contributed by atoms with E-state index >= 15 is 0 Å². The Hall–Kier alpha value is -2.44. The van der Waals surface area contributed by atoms with E-state index in [9.17, 15) is 26.3 Å². The first-order valence-electron chi connectivity index (χ1n) is 10.8. The van der Waals surface area contributed by atoms with Crippen molar-refractivity contribution < 1.29 is 31.1 Å². The maximum Gasteiger partial charge on any atom is 0.387 e. The molecule has 0 spiro atoms. The molecule has 2 saturated carbocycles. The van der Waals surface area contributed by atoms with Gasteiger partial charge in [-0.15, -0.1) is 6.58 Å². The third kappa shape index (κ3) is 4.52. The lowest BCUT2D eigenvalue weighted by Gasteiger charge is -2.41. The fourth-order valence-electron chi connectivity index (χ4n) is 5.45. The summed E-state index contributed by atoms with van der Waals surface area (Å²) >= 11 is 0. The van der Waals surface area contributed by atoms with Crippen molar-refractivity contribution in [3.8, 4) is 16.9 Å². The molecule has 2 aromatic rings. The molecule has 2 aliphatic rings. The van der Waals surface area contributed by atoms with Crippen LogP contribution in [-0.2, 0) is 0 Å². The lowest BCUT2D eigenvalue weighted by atomic mass is 9.64. The molecule has 0 aromatic heterocycles. The standard InChI is InChI=1S/C25H24F6O/c1-2-13-3-4-15-8-16(6-5-14(15)7-13)17-9-19(26)23(20(27)10-17)18-11-21(28)24(22(29)12-18)32-25(30)31/h2,9-16,25H,1,3-8H2. The molecule has 4 atom stereocenters. The number of hydrogen-bond donors (Lipinski definition) is 0. The third-order valence-corrected chi connectivity index (χ3v) is 7.02. The number of alkyl halides is 2. The molecule has 32 heavy (non-hydrogen) atoms. The average molecular weight is 454 g/mol. The lowest BCUT2D eigenvalue weighted by Crippen LogP contribution is -2.30. The molecule has 7 heteroatoms. The smallest absolute Gasteiger partial charge is 0.387 e. The molecule has 0 saturated heterocycles. The molecule has 0 radical (unpaired) electrons. The molecule has 1 nitrogen and oxygen atoms in total. The van der Waals surface area contributed by atoms with Crippen LogP contribution in [0.1, 0.15) is 50.0 Å². The van der Waals surface area contributed by atoms with Crippen LogP contribution < -0.4 is 4.74 Å². The fourth-order valence-corrected chi connectivity index (χ4v) is 5.45. The van der Waals surface area contributed by atoms with Gasteiger partial charge in [-0.25, -0.2) is 17.6 Å². The molecular weight excluding hydrogens is 430 g/mol. The predicted octanol–water partition coefficient (Wildman–Crippen LogP) is 8.00. The highest BCUT2D eigenvalue weighted by Crippen LogP contribution is 2.48. The Morgan fingerprint density at radius 3 is 2.00 bits per heavy atom. The Morgan fingerprint density at radius 1 is 0.812 bits per heavy atom. The Labute approximate surface area is 183 Å². The molecule has 2 fully saturated rings. The number of fused-ring (bicyclic) bond motifs is 1. The number of hydrogen-bond acceptors (Lipinski definition) is 1. The van der Waals surface area contributed by atoms with Gasteiger partial charge in [0.15, 0.2) is 17.4 Å². The van der Waals surface area contributed by atoms with Crippen molar-refractivity contribution in [2.24, 2.45) is 17.8 Å². The fraction of sp³-hybridized carbons (Fsp3) is 0.440. The molecule has 2 aromatic carbocycles. The zero-order valence-electron chi connectivity index (χ0n) is 17.4. The van der Waals surface area contributed by atoms with Crippen LogP contribution in [0.4, 0.5) is 26.3 Å². The summed E-state index contributed by atoms with van der Waals surface area (Å²) in [4.78, 5) is 0. The van der Waals surface area contributed by atoms with E-state index in [1.165, 1.54) is 12.1 Å². The zero-order valence-corrected chi connectivity index (χ0v) is 17.4. The third-order valence-electron chi connectivity index (χ3n) is 7.02. The second-order valence-electron chi connectivity index (χ2n) is 8.85. The largest absolute Gasteiger partial charge is 0.429 e. The molecule has 0 amide bonds. The van der Waals surface area contributed by atoms with E-state index in [0.717, 1.165) is 38.5 Å². The number of allylic oxidation sites excluding steroid dienone is 1. The summed E-state index contributed by atoms with van der Waals surface area (Å²) in [6, 6.07) is 3.62. The lowest BCUT2D eigenvalue weighted by molar-refractivity contribution is -0.0546. The highest BCUT2D eigenvalue weighted by molar-refractivity contribution is 5.66. The topological polar surface area (TPSA) is 9.23 Å². The molecule has 4 rings (SSSR count). The highest BCUT2D eigenvalue weighted by atomic mass is 19.3. The SMILES string of the molecule is C=CC1CCC2CC(c3cc(F)c(-c4cc(F)c(OC(F)F)c(F)c4)c(F)c3)CCC2C1. The predicted molar refractivity (Wildman–Crippen MR) is 109 cm³/mol. The van der Waals surface area contributed by atoms with Crippen molar-refractivity contribution in [1.29, 1.82) is 0 Å². The Kier molecular flexibility index (Phi) is 6.54. The Bertz CT molecular complexity index is 958. The second-order valence-corrected chi connectivity index (χ2v) is 8.85. The molecule has 0 bridgehead atoms. The maximum absolute atomic E-state index is 14.9. The summed E-state index contributed by atoms with van der Waals surface area (Å²) in [6.45, 7) is 0.464. The van der Waals surface area contributed by atoms with Crippen LogP contribution in [-0.4, -0.2) is 6.61 Å². The van der Waals surface area contributed by atoms with Crippen molar-refractivity contribution in [2.45, 2.75) is 51.1 Å². The van der Waals surface area contributed by atoms with Gasteiger partial charge in [-0.1, -0.05) is 6.08 Å². The first-order chi connectivity index (χ1) is 15.3. The van der Waals surface area contributed by atoms with Crippen molar-refractivity contribution in [2.75, 3.05) is 0 Å². The van der Waals surface area contributed by atoms with Gasteiger partial charge in [0.2, 0.25) is 0 Å². The quantitative estimate of drug-likeness (QED) is 0.329. The van der Waals surface area contributed by atoms with Crippen LogP contribution in [0.3, 0.4) is 0 Å². The molecule has 0 aliphatic heterocycles. The molecule has 0 heterocycles. The maximum atomic E-state index is 14.9. The molecule has 2 aliphatic carbocycles. The van der Waals surface area contributed by atoms with E-state index in [0.29, 0.717) is 35.4 Å². The summed E-state index contributed by atoms with van der Waals surface area (Å²) in [5.41, 5.74) is -0.489. The van der Waals surface area contributed by atoms with Crippen LogP contribution in [0.15, 0.2) is 36.9 Å². The van der Waals surface area contributed by atoms with Crippen LogP contribution in [0.25, 0.3) is 11.1 Å². The summed E-state index contributed by atoms with van der Waals surface area (Å²) in [7, 11) is 0. The van der Waals surface area contributed by atoms with Crippen LogP contribution in [0.2, 0.25) is 0 Å². The van der Waals surface area contributed by atoms with Crippen LogP contribution in [0.5, 0.6) is 5.75 Å². The Morgan fingerprint density at radius 2 is 1.41 bits per heavy atom. The summed E-state index contributed by atoms with van der Waals surface area (Å²) in [6.07, 6.45) is 7.97. The van der Waals surface area contributed by atoms with E-state index in [1.54, 1.807) is 0 Å². The highest BCUT2D eigenvalue weighted by Gasteiger charge is 2.35. The van der Waals surface area contributed by atoms with E-state index in [-0.39, 0.29) is 5.92 Å². The minimum atomic E-state index is -3.43. The van der Waals surface area contributed by atoms with Gasteiger partial charge in [-0.05, 0) is 97.6 Å². The van der Waals surface area contributed by atoms with Crippen molar-refractivity contribution >= 4 is 0 Å². The van der Waals surface area contributed by atoms with E-state index < -0.39 is 46.8 Å². The van der Waals surface area contributed by atoms with E-state index in [1.807, 2.05) is 6.08 Å². The molecule has 172 valence electrons. The van der Waals surface area contributed by atoms with Crippen LogP contribution >= 0.6 is 0 Å². The van der Waals surface area contributed by atoms with Gasteiger partial charge < -0.3 is 4.74 Å². The minimum Gasteiger partial charge on any atom is -0.429 e.